The molecule has 6 nitrogen and oxygen atoms in total. The molecule has 0 aromatic heterocycles. The Kier molecular flexibility index (Phi) is 5.36. The fourth-order valence-corrected chi connectivity index (χ4v) is 4.64. The maximum absolute atomic E-state index is 13.1. The van der Waals surface area contributed by atoms with Crippen LogP contribution in [0.3, 0.4) is 0 Å². The Morgan fingerprint density at radius 3 is 2.84 bits per heavy atom. The lowest BCUT2D eigenvalue weighted by Gasteiger charge is -2.27. The second-order valence-corrected chi connectivity index (χ2v) is 8.24. The van der Waals surface area contributed by atoms with E-state index in [2.05, 4.69) is 39.8 Å². The zero-order valence-electron chi connectivity index (χ0n) is 17.7. The van der Waals surface area contributed by atoms with Crippen LogP contribution in [0.2, 0.25) is 0 Å². The van der Waals surface area contributed by atoms with E-state index in [4.69, 9.17) is 4.74 Å². The first-order valence-corrected chi connectivity index (χ1v) is 10.8. The van der Waals surface area contributed by atoms with Gasteiger partial charge in [0.2, 0.25) is 5.78 Å². The molecular weight excluding hydrogens is 390 g/mol. The number of Topliss-reactive ketones (excluding diaryl/α,β-unsaturated/α-hetero) is 1. The Bertz CT molecular complexity index is 1100. The van der Waals surface area contributed by atoms with Crippen LogP contribution in [-0.2, 0) is 19.5 Å². The van der Waals surface area contributed by atoms with Gasteiger partial charge in [0.1, 0.15) is 11.5 Å². The van der Waals surface area contributed by atoms with Crippen LogP contribution in [0.5, 0.6) is 11.5 Å². The van der Waals surface area contributed by atoms with E-state index in [0.29, 0.717) is 29.2 Å². The number of phenols is 1. The van der Waals surface area contributed by atoms with Crippen molar-refractivity contribution < 1.29 is 14.6 Å². The topological polar surface area (TPSA) is 73.8 Å². The minimum atomic E-state index is -0.128. The van der Waals surface area contributed by atoms with Crippen molar-refractivity contribution in [3.05, 3.63) is 76.1 Å². The second-order valence-electron chi connectivity index (χ2n) is 8.24. The molecule has 0 bridgehead atoms. The second kappa shape index (κ2) is 8.30. The highest BCUT2D eigenvalue weighted by molar-refractivity contribution is 6.14. The third-order valence-electron chi connectivity index (χ3n) is 6.27. The lowest BCUT2D eigenvalue weighted by atomic mass is 9.99. The molecule has 2 aliphatic heterocycles. The van der Waals surface area contributed by atoms with Gasteiger partial charge in [-0.15, -0.1) is 0 Å². The number of carbonyl (C=O) groups excluding carboxylic acids is 1. The summed E-state index contributed by atoms with van der Waals surface area (Å²) in [6.45, 7) is 5.02. The molecule has 0 amide bonds. The van der Waals surface area contributed by atoms with E-state index in [1.54, 1.807) is 12.1 Å². The minimum Gasteiger partial charge on any atom is -0.507 e. The van der Waals surface area contributed by atoms with Crippen LogP contribution >= 0.6 is 0 Å². The molecule has 0 spiro atoms. The number of nitrogens with one attached hydrogen (secondary N) is 2. The van der Waals surface area contributed by atoms with Gasteiger partial charge in [-0.3, -0.25) is 9.69 Å². The standard InChI is InChI=1S/C25H27N3O3/c1-26-14-17-3-2-4-18-16(5-6-19(17)18)13-23-24(30)20-7-8-22(29)21(25(20)31-23)15-28-11-9-27-10-12-28/h2-5,7-8,13,26-27,29H,6,9-12,14-15H2,1H3/b23-13-. The highest BCUT2D eigenvalue weighted by Crippen LogP contribution is 2.41. The Morgan fingerprint density at radius 2 is 2.03 bits per heavy atom. The molecule has 1 fully saturated rings. The van der Waals surface area contributed by atoms with Gasteiger partial charge in [-0.1, -0.05) is 24.3 Å². The van der Waals surface area contributed by atoms with Gasteiger partial charge >= 0.3 is 0 Å². The predicted octanol–water partition coefficient (Wildman–Crippen LogP) is 2.62. The number of hydrogen-bond donors (Lipinski definition) is 3. The number of ether oxygens (including phenoxy) is 1. The highest BCUT2D eigenvalue weighted by atomic mass is 16.5. The molecular formula is C25H27N3O3. The summed E-state index contributed by atoms with van der Waals surface area (Å²) in [5.74, 6) is 0.864. The molecule has 2 aromatic rings. The number of carbonyl (C=O) groups is 1. The SMILES string of the molecule is CNCc1cccc2c1CC=C2/C=C1\Oc2c(ccc(O)c2CN2CCNCC2)C1=O. The molecule has 0 atom stereocenters. The first-order chi connectivity index (χ1) is 15.2. The number of ketones is 1. The summed E-state index contributed by atoms with van der Waals surface area (Å²) in [5.41, 5.74) is 5.94. The number of allylic oxidation sites excluding steroid dienone is 4. The van der Waals surface area contributed by atoms with Gasteiger partial charge < -0.3 is 20.5 Å². The zero-order chi connectivity index (χ0) is 21.4. The molecule has 0 radical (unpaired) electrons. The molecule has 0 saturated carbocycles. The number of aromatic hydroxyl groups is 1. The van der Waals surface area contributed by atoms with Crippen LogP contribution in [-0.4, -0.2) is 49.0 Å². The lowest BCUT2D eigenvalue weighted by molar-refractivity contribution is 0.101. The molecule has 31 heavy (non-hydrogen) atoms. The Morgan fingerprint density at radius 1 is 1.19 bits per heavy atom. The summed E-state index contributed by atoms with van der Waals surface area (Å²) in [6, 6.07) is 9.56. The van der Waals surface area contributed by atoms with Gasteiger partial charge in [-0.25, -0.2) is 0 Å². The normalized spacial score (nSPS) is 19.3. The van der Waals surface area contributed by atoms with Crippen molar-refractivity contribution in [1.82, 2.24) is 15.5 Å². The maximum atomic E-state index is 13.1. The van der Waals surface area contributed by atoms with Crippen molar-refractivity contribution in [2.45, 2.75) is 19.5 Å². The molecule has 5 rings (SSSR count). The molecule has 0 unspecified atom stereocenters. The van der Waals surface area contributed by atoms with E-state index in [0.717, 1.165) is 50.3 Å². The number of rotatable bonds is 5. The first kappa shape index (κ1) is 20.0. The molecule has 6 heteroatoms. The largest absolute Gasteiger partial charge is 0.507 e. The van der Waals surface area contributed by atoms with Crippen molar-refractivity contribution in [3.63, 3.8) is 0 Å². The first-order valence-electron chi connectivity index (χ1n) is 10.8. The number of fused-ring (bicyclic) bond motifs is 2. The quantitative estimate of drug-likeness (QED) is 0.650. The Labute approximate surface area is 182 Å². The van der Waals surface area contributed by atoms with E-state index in [1.807, 2.05) is 13.1 Å². The van der Waals surface area contributed by atoms with Crippen molar-refractivity contribution in [2.24, 2.45) is 0 Å². The Balaban J connectivity index is 1.44. The summed E-state index contributed by atoms with van der Waals surface area (Å²) in [7, 11) is 1.94. The van der Waals surface area contributed by atoms with E-state index < -0.39 is 0 Å². The summed E-state index contributed by atoms with van der Waals surface area (Å²) in [6.07, 6.45) is 4.85. The van der Waals surface area contributed by atoms with E-state index >= 15 is 0 Å². The van der Waals surface area contributed by atoms with Gasteiger partial charge in [0, 0.05) is 39.3 Å². The van der Waals surface area contributed by atoms with E-state index in [-0.39, 0.29) is 11.5 Å². The van der Waals surface area contributed by atoms with Crippen molar-refractivity contribution in [2.75, 3.05) is 33.2 Å². The van der Waals surface area contributed by atoms with Gasteiger partial charge in [0.25, 0.3) is 0 Å². The summed E-state index contributed by atoms with van der Waals surface area (Å²) >= 11 is 0. The summed E-state index contributed by atoms with van der Waals surface area (Å²) in [5, 5.41) is 17.1. The molecule has 2 aromatic carbocycles. The third kappa shape index (κ3) is 3.67. The van der Waals surface area contributed by atoms with Crippen LogP contribution in [0.25, 0.3) is 5.57 Å². The van der Waals surface area contributed by atoms with Crippen molar-refractivity contribution >= 4 is 11.4 Å². The minimum absolute atomic E-state index is 0.128. The number of phenolic OH excluding ortho intramolecular Hbond substituents is 1. The van der Waals surface area contributed by atoms with Crippen LogP contribution < -0.4 is 15.4 Å². The predicted molar refractivity (Wildman–Crippen MR) is 120 cm³/mol. The maximum Gasteiger partial charge on any atom is 0.231 e. The molecule has 1 saturated heterocycles. The van der Waals surface area contributed by atoms with Crippen molar-refractivity contribution in [1.29, 1.82) is 0 Å². The number of benzene rings is 2. The van der Waals surface area contributed by atoms with E-state index in [9.17, 15) is 9.90 Å². The van der Waals surface area contributed by atoms with Gasteiger partial charge in [0.05, 0.1) is 11.1 Å². The zero-order valence-corrected chi connectivity index (χ0v) is 17.7. The molecule has 160 valence electrons. The molecule has 2 heterocycles. The Hall–Kier alpha value is -2.93. The average molecular weight is 418 g/mol. The van der Waals surface area contributed by atoms with Crippen LogP contribution in [0.1, 0.15) is 32.6 Å². The summed E-state index contributed by atoms with van der Waals surface area (Å²) in [4.78, 5) is 15.4. The average Bonchev–Trinajstić information content (AvgIpc) is 3.34. The van der Waals surface area contributed by atoms with Gasteiger partial charge in [-0.2, -0.15) is 0 Å². The van der Waals surface area contributed by atoms with Gasteiger partial charge in [0.15, 0.2) is 5.76 Å². The lowest BCUT2D eigenvalue weighted by Crippen LogP contribution is -2.42. The fraction of sp³-hybridized carbons (Fsp3) is 0.320. The highest BCUT2D eigenvalue weighted by Gasteiger charge is 2.32. The monoisotopic (exact) mass is 417 g/mol. The van der Waals surface area contributed by atoms with Crippen LogP contribution in [0.15, 0.2) is 48.2 Å². The number of hydrogen-bond acceptors (Lipinski definition) is 6. The number of nitrogens with zero attached hydrogens (tertiary/aromatic N) is 1. The van der Waals surface area contributed by atoms with Crippen molar-refractivity contribution in [3.8, 4) is 11.5 Å². The molecule has 3 N–H and O–H groups in total. The molecule has 3 aliphatic rings. The van der Waals surface area contributed by atoms with Crippen LogP contribution in [0, 0.1) is 0 Å². The molecule has 1 aliphatic carbocycles. The fourth-order valence-electron chi connectivity index (χ4n) is 4.64. The van der Waals surface area contributed by atoms with Gasteiger partial charge in [-0.05, 0) is 53.9 Å². The smallest absolute Gasteiger partial charge is 0.231 e. The van der Waals surface area contributed by atoms with Crippen LogP contribution in [0.4, 0.5) is 0 Å². The van der Waals surface area contributed by atoms with E-state index in [1.165, 1.54) is 11.1 Å². The third-order valence-corrected chi connectivity index (χ3v) is 6.27. The summed E-state index contributed by atoms with van der Waals surface area (Å²) < 4.78 is 6.08. The number of piperazine rings is 1.